The van der Waals surface area contributed by atoms with E-state index in [1.807, 2.05) is 54.5 Å². The summed E-state index contributed by atoms with van der Waals surface area (Å²) in [5.74, 6) is 0.156. The first-order valence-corrected chi connectivity index (χ1v) is 8.69. The van der Waals surface area contributed by atoms with Gasteiger partial charge in [0.1, 0.15) is 0 Å². The summed E-state index contributed by atoms with van der Waals surface area (Å²) in [6.45, 7) is 2.73. The molecule has 0 unspecified atom stereocenters. The normalized spacial score (nSPS) is 16.6. The highest BCUT2D eigenvalue weighted by Gasteiger charge is 2.41. The highest BCUT2D eigenvalue weighted by Crippen LogP contribution is 2.31. The summed E-state index contributed by atoms with van der Waals surface area (Å²) in [5.41, 5.74) is 1.61. The third-order valence-corrected chi connectivity index (χ3v) is 4.86. The summed E-state index contributed by atoms with van der Waals surface area (Å²) >= 11 is 0. The van der Waals surface area contributed by atoms with E-state index in [-0.39, 0.29) is 5.91 Å². The van der Waals surface area contributed by atoms with Crippen molar-refractivity contribution in [1.29, 1.82) is 0 Å². The van der Waals surface area contributed by atoms with Gasteiger partial charge in [-0.05, 0) is 38.1 Å². The molecule has 0 bridgehead atoms. The maximum Gasteiger partial charge on any atom is 0.231 e. The molecule has 1 aliphatic heterocycles. The summed E-state index contributed by atoms with van der Waals surface area (Å²) in [6.07, 6.45) is 5.42. The largest absolute Gasteiger partial charge is 0.384 e. The van der Waals surface area contributed by atoms with Crippen LogP contribution in [0.1, 0.15) is 18.4 Å². The lowest BCUT2D eigenvalue weighted by Gasteiger charge is -2.38. The van der Waals surface area contributed by atoms with Gasteiger partial charge < -0.3 is 15.0 Å². The summed E-state index contributed by atoms with van der Waals surface area (Å²) in [4.78, 5) is 14.9. The quantitative estimate of drug-likeness (QED) is 0.870. The lowest BCUT2D eigenvalue weighted by Crippen LogP contribution is -2.50. The van der Waals surface area contributed by atoms with Crippen LogP contribution in [-0.4, -0.2) is 54.4 Å². The smallest absolute Gasteiger partial charge is 0.231 e. The topological polar surface area (TPSA) is 59.4 Å². The molecule has 1 amide bonds. The number of methoxy groups -OCH3 is 1. The zero-order valence-electron chi connectivity index (χ0n) is 14.9. The van der Waals surface area contributed by atoms with Crippen molar-refractivity contribution in [3.63, 3.8) is 0 Å². The molecule has 0 atom stereocenters. The number of amides is 1. The monoisotopic (exact) mass is 342 g/mol. The minimum atomic E-state index is -0.413. The minimum absolute atomic E-state index is 0.156. The number of carbonyl (C=O) groups is 1. The summed E-state index contributed by atoms with van der Waals surface area (Å²) in [6, 6.07) is 9.97. The van der Waals surface area contributed by atoms with Crippen LogP contribution in [0.5, 0.6) is 0 Å². The van der Waals surface area contributed by atoms with Crippen LogP contribution in [0.3, 0.4) is 0 Å². The Morgan fingerprint density at radius 3 is 2.72 bits per heavy atom. The Morgan fingerprint density at radius 2 is 2.04 bits per heavy atom. The van der Waals surface area contributed by atoms with E-state index in [1.54, 1.807) is 12.0 Å². The zero-order valence-corrected chi connectivity index (χ0v) is 14.9. The molecule has 0 aliphatic carbocycles. The van der Waals surface area contributed by atoms with Gasteiger partial charge in [0.25, 0.3) is 0 Å². The molecule has 1 aromatic heterocycles. The first kappa shape index (κ1) is 17.6. The Balaban J connectivity index is 1.70. The molecule has 0 spiro atoms. The third kappa shape index (κ3) is 3.91. The molecular weight excluding hydrogens is 316 g/mol. The maximum atomic E-state index is 13.1. The van der Waals surface area contributed by atoms with Crippen LogP contribution in [0.25, 0.3) is 5.69 Å². The molecule has 6 nitrogen and oxygen atoms in total. The van der Waals surface area contributed by atoms with E-state index >= 15 is 0 Å². The molecule has 2 heterocycles. The lowest BCUT2D eigenvalue weighted by molar-refractivity contribution is -0.146. The number of piperidine rings is 1. The van der Waals surface area contributed by atoms with Crippen LogP contribution in [-0.2, 0) is 16.1 Å². The van der Waals surface area contributed by atoms with Crippen LogP contribution in [0.2, 0.25) is 0 Å². The number of para-hydroxylation sites is 1. The fraction of sp³-hybridized carbons (Fsp3) is 0.474. The Labute approximate surface area is 148 Å². The third-order valence-electron chi connectivity index (χ3n) is 4.86. The second kappa shape index (κ2) is 7.80. The molecule has 1 fully saturated rings. The fourth-order valence-corrected chi connectivity index (χ4v) is 3.52. The van der Waals surface area contributed by atoms with Crippen LogP contribution < -0.4 is 5.32 Å². The molecule has 134 valence electrons. The van der Waals surface area contributed by atoms with Crippen molar-refractivity contribution >= 4 is 5.91 Å². The number of benzene rings is 1. The molecule has 25 heavy (non-hydrogen) atoms. The van der Waals surface area contributed by atoms with Gasteiger partial charge in [0, 0.05) is 32.5 Å². The predicted molar refractivity (Wildman–Crippen MR) is 96.5 cm³/mol. The number of hydrogen-bond donors (Lipinski definition) is 1. The van der Waals surface area contributed by atoms with Crippen LogP contribution in [0, 0.1) is 5.41 Å². The van der Waals surface area contributed by atoms with Crippen molar-refractivity contribution in [2.24, 2.45) is 5.41 Å². The van der Waals surface area contributed by atoms with Crippen molar-refractivity contribution in [2.45, 2.75) is 19.4 Å². The standard InChI is InChI=1S/C19H26N4O2/c1-22(18(24)19(15-25-2)8-10-20-11-9-19)13-16-12-21-23(14-16)17-6-4-3-5-7-17/h3-7,12,14,20H,8-11,13,15H2,1-2H3. The Bertz CT molecular complexity index is 687. The van der Waals surface area contributed by atoms with Crippen molar-refractivity contribution in [3.8, 4) is 5.69 Å². The second-order valence-electron chi connectivity index (χ2n) is 6.75. The maximum absolute atomic E-state index is 13.1. The van der Waals surface area contributed by atoms with Gasteiger partial charge in [-0.3, -0.25) is 4.79 Å². The number of nitrogens with one attached hydrogen (secondary N) is 1. The molecule has 0 radical (unpaired) electrons. The van der Waals surface area contributed by atoms with Gasteiger partial charge in [-0.25, -0.2) is 4.68 Å². The predicted octanol–water partition coefficient (Wildman–Crippen LogP) is 1.85. The van der Waals surface area contributed by atoms with Crippen LogP contribution in [0.4, 0.5) is 0 Å². The van der Waals surface area contributed by atoms with Crippen LogP contribution in [0.15, 0.2) is 42.7 Å². The molecule has 1 N–H and O–H groups in total. The molecular formula is C19H26N4O2. The minimum Gasteiger partial charge on any atom is -0.384 e. The summed E-state index contributed by atoms with van der Waals surface area (Å²) in [7, 11) is 3.53. The molecule has 1 saturated heterocycles. The molecule has 1 aliphatic rings. The molecule has 3 rings (SSSR count). The second-order valence-corrected chi connectivity index (χ2v) is 6.75. The van der Waals surface area contributed by atoms with Gasteiger partial charge in [-0.1, -0.05) is 18.2 Å². The highest BCUT2D eigenvalue weighted by molar-refractivity contribution is 5.82. The van der Waals surface area contributed by atoms with E-state index in [0.717, 1.165) is 37.2 Å². The van der Waals surface area contributed by atoms with Gasteiger partial charge >= 0.3 is 0 Å². The Hall–Kier alpha value is -2.18. The lowest BCUT2D eigenvalue weighted by atomic mass is 9.78. The first-order chi connectivity index (χ1) is 12.1. The molecule has 2 aromatic rings. The van der Waals surface area contributed by atoms with Gasteiger partial charge in [-0.15, -0.1) is 0 Å². The average Bonchev–Trinajstić information content (AvgIpc) is 3.11. The fourth-order valence-electron chi connectivity index (χ4n) is 3.52. The number of nitrogens with zero attached hydrogens (tertiary/aromatic N) is 3. The zero-order chi connectivity index (χ0) is 17.7. The van der Waals surface area contributed by atoms with E-state index in [2.05, 4.69) is 10.4 Å². The van der Waals surface area contributed by atoms with E-state index in [0.29, 0.717) is 13.2 Å². The Kier molecular flexibility index (Phi) is 5.50. The van der Waals surface area contributed by atoms with Crippen molar-refractivity contribution < 1.29 is 9.53 Å². The SMILES string of the molecule is COCC1(C(=O)N(C)Cc2cnn(-c3ccccc3)c2)CCNCC1. The van der Waals surface area contributed by atoms with Crippen LogP contribution >= 0.6 is 0 Å². The number of aromatic nitrogens is 2. The van der Waals surface area contributed by atoms with E-state index in [9.17, 15) is 4.79 Å². The van der Waals surface area contributed by atoms with Gasteiger partial charge in [-0.2, -0.15) is 5.10 Å². The van der Waals surface area contributed by atoms with Gasteiger partial charge in [0.2, 0.25) is 5.91 Å². The first-order valence-electron chi connectivity index (χ1n) is 8.69. The van der Waals surface area contributed by atoms with E-state index < -0.39 is 5.41 Å². The van der Waals surface area contributed by atoms with Crippen molar-refractivity contribution in [2.75, 3.05) is 33.9 Å². The summed E-state index contributed by atoms with van der Waals surface area (Å²) < 4.78 is 7.21. The molecule has 0 saturated carbocycles. The molecule has 1 aromatic carbocycles. The number of ether oxygens (including phenoxy) is 1. The number of hydrogen-bond acceptors (Lipinski definition) is 4. The Morgan fingerprint density at radius 1 is 1.32 bits per heavy atom. The van der Waals surface area contributed by atoms with E-state index in [4.69, 9.17) is 4.74 Å². The van der Waals surface area contributed by atoms with Crippen molar-refractivity contribution in [1.82, 2.24) is 20.0 Å². The highest BCUT2D eigenvalue weighted by atomic mass is 16.5. The van der Waals surface area contributed by atoms with Gasteiger partial charge in [0.15, 0.2) is 0 Å². The van der Waals surface area contributed by atoms with Crippen molar-refractivity contribution in [3.05, 3.63) is 48.3 Å². The summed E-state index contributed by atoms with van der Waals surface area (Å²) in [5, 5.41) is 7.73. The average molecular weight is 342 g/mol. The molecule has 6 heteroatoms. The number of carbonyl (C=O) groups excluding carboxylic acids is 1. The number of rotatable bonds is 6. The van der Waals surface area contributed by atoms with E-state index in [1.165, 1.54) is 0 Å². The van der Waals surface area contributed by atoms with Gasteiger partial charge in [0.05, 0.1) is 23.9 Å².